The van der Waals surface area contributed by atoms with Crippen LogP contribution in [0.2, 0.25) is 0 Å². The summed E-state index contributed by atoms with van der Waals surface area (Å²) in [6, 6.07) is 2.70. The fourth-order valence-corrected chi connectivity index (χ4v) is 1.27. The molecule has 1 aromatic heterocycles. The van der Waals surface area contributed by atoms with E-state index >= 15 is 0 Å². The van der Waals surface area contributed by atoms with Crippen molar-refractivity contribution in [3.05, 3.63) is 28.2 Å². The monoisotopic (exact) mass is 239 g/mol. The van der Waals surface area contributed by atoms with Crippen molar-refractivity contribution in [2.24, 2.45) is 0 Å². The van der Waals surface area contributed by atoms with E-state index in [1.54, 1.807) is 6.92 Å². The summed E-state index contributed by atoms with van der Waals surface area (Å²) in [5.41, 5.74) is -0.0439. The van der Waals surface area contributed by atoms with Gasteiger partial charge in [-0.05, 0) is 19.4 Å². The molecular weight excluding hydrogens is 222 g/mol. The highest BCUT2D eigenvalue weighted by atomic mass is 16.3. The van der Waals surface area contributed by atoms with E-state index in [0.717, 1.165) is 6.42 Å². The number of carbonyl (C=O) groups is 1. The third kappa shape index (κ3) is 3.99. The summed E-state index contributed by atoms with van der Waals surface area (Å²) < 4.78 is 1.26. The molecule has 94 valence electrons. The van der Waals surface area contributed by atoms with Gasteiger partial charge in [-0.2, -0.15) is 5.10 Å². The Bertz CT molecular complexity index is 440. The second-order valence-electron chi connectivity index (χ2n) is 3.84. The van der Waals surface area contributed by atoms with Crippen LogP contribution in [0.3, 0.4) is 0 Å². The Morgan fingerprint density at radius 1 is 1.59 bits per heavy atom. The second kappa shape index (κ2) is 6.15. The van der Waals surface area contributed by atoms with Crippen LogP contribution < -0.4 is 10.9 Å². The fraction of sp³-hybridized carbons (Fsp3) is 0.545. The first-order valence-electron chi connectivity index (χ1n) is 5.59. The van der Waals surface area contributed by atoms with E-state index in [4.69, 9.17) is 5.11 Å². The number of carbonyl (C=O) groups excluding carboxylic acids is 1. The third-order valence-corrected chi connectivity index (χ3v) is 2.09. The van der Waals surface area contributed by atoms with Crippen molar-refractivity contribution in [3.63, 3.8) is 0 Å². The first-order valence-corrected chi connectivity index (χ1v) is 5.59. The molecule has 17 heavy (non-hydrogen) atoms. The van der Waals surface area contributed by atoms with Gasteiger partial charge in [0.2, 0.25) is 0 Å². The average molecular weight is 239 g/mol. The zero-order valence-corrected chi connectivity index (χ0v) is 10.0. The lowest BCUT2D eigenvalue weighted by Crippen LogP contribution is -2.33. The normalized spacial score (nSPS) is 12.2. The maximum absolute atomic E-state index is 11.6. The van der Waals surface area contributed by atoms with Gasteiger partial charge in [-0.15, -0.1) is 0 Å². The molecule has 1 amide bonds. The molecule has 1 rings (SSSR count). The van der Waals surface area contributed by atoms with Gasteiger partial charge < -0.3 is 10.4 Å². The molecule has 0 saturated carbocycles. The van der Waals surface area contributed by atoms with Crippen molar-refractivity contribution in [1.29, 1.82) is 0 Å². The number of nitrogens with zero attached hydrogens (tertiary/aromatic N) is 2. The van der Waals surface area contributed by atoms with Crippen LogP contribution in [-0.4, -0.2) is 33.4 Å². The Hall–Kier alpha value is -1.69. The van der Waals surface area contributed by atoms with Crippen molar-refractivity contribution in [3.8, 4) is 0 Å². The maximum atomic E-state index is 11.6. The lowest BCUT2D eigenvalue weighted by molar-refractivity contribution is 0.0916. The van der Waals surface area contributed by atoms with Crippen molar-refractivity contribution < 1.29 is 9.90 Å². The number of aromatic nitrogens is 2. The topological polar surface area (TPSA) is 84.2 Å². The number of hydrogen-bond acceptors (Lipinski definition) is 4. The lowest BCUT2D eigenvalue weighted by atomic mass is 10.3. The largest absolute Gasteiger partial charge is 0.392 e. The molecule has 0 aliphatic rings. The standard InChI is InChI=1S/C11H17N3O3/c1-3-6-14-10(16)5-4-9(13-14)11(17)12-7-8(2)15/h4-5,8,15H,3,6-7H2,1-2H3,(H,12,17)/t8-/m0/s1. The number of aliphatic hydroxyl groups is 1. The maximum Gasteiger partial charge on any atom is 0.271 e. The predicted molar refractivity (Wildman–Crippen MR) is 62.8 cm³/mol. The van der Waals surface area contributed by atoms with Gasteiger partial charge in [-0.3, -0.25) is 9.59 Å². The number of rotatable bonds is 5. The molecule has 0 radical (unpaired) electrons. The van der Waals surface area contributed by atoms with Gasteiger partial charge in [0.1, 0.15) is 5.69 Å². The molecular formula is C11H17N3O3. The highest BCUT2D eigenvalue weighted by Crippen LogP contribution is 1.92. The van der Waals surface area contributed by atoms with E-state index < -0.39 is 12.0 Å². The molecule has 0 aromatic carbocycles. The summed E-state index contributed by atoms with van der Waals surface area (Å²) in [6.45, 7) is 4.14. The molecule has 1 heterocycles. The van der Waals surface area contributed by atoms with Crippen LogP contribution in [0, 0.1) is 0 Å². The Morgan fingerprint density at radius 2 is 2.29 bits per heavy atom. The Morgan fingerprint density at radius 3 is 2.88 bits per heavy atom. The summed E-state index contributed by atoms with van der Waals surface area (Å²) in [5, 5.41) is 15.5. The second-order valence-corrected chi connectivity index (χ2v) is 3.84. The molecule has 0 bridgehead atoms. The molecule has 0 aliphatic heterocycles. The van der Waals surface area contributed by atoms with Crippen LogP contribution in [-0.2, 0) is 6.54 Å². The van der Waals surface area contributed by atoms with Crippen LogP contribution in [0.4, 0.5) is 0 Å². The summed E-state index contributed by atoms with van der Waals surface area (Å²) in [7, 11) is 0. The molecule has 0 spiro atoms. The molecule has 0 saturated heterocycles. The third-order valence-electron chi connectivity index (χ3n) is 2.09. The van der Waals surface area contributed by atoms with Crippen molar-refractivity contribution in [1.82, 2.24) is 15.1 Å². The van der Waals surface area contributed by atoms with Gasteiger partial charge in [0.15, 0.2) is 0 Å². The number of hydrogen-bond donors (Lipinski definition) is 2. The van der Waals surface area contributed by atoms with Gasteiger partial charge in [0, 0.05) is 19.2 Å². The van der Waals surface area contributed by atoms with E-state index in [1.165, 1.54) is 16.8 Å². The minimum Gasteiger partial charge on any atom is -0.392 e. The van der Waals surface area contributed by atoms with Crippen LogP contribution in [0.15, 0.2) is 16.9 Å². The Labute approximate surface area is 99.3 Å². The molecule has 0 unspecified atom stereocenters. The number of amides is 1. The van der Waals surface area contributed by atoms with Crippen molar-refractivity contribution in [2.75, 3.05) is 6.54 Å². The number of aryl methyl sites for hydroxylation is 1. The van der Waals surface area contributed by atoms with E-state index in [2.05, 4.69) is 10.4 Å². The lowest BCUT2D eigenvalue weighted by Gasteiger charge is -2.08. The first kappa shape index (κ1) is 13.4. The van der Waals surface area contributed by atoms with Gasteiger partial charge in [-0.1, -0.05) is 6.92 Å². The minimum atomic E-state index is -0.611. The van der Waals surface area contributed by atoms with E-state index in [9.17, 15) is 9.59 Å². The highest BCUT2D eigenvalue weighted by molar-refractivity contribution is 5.91. The van der Waals surface area contributed by atoms with Gasteiger partial charge >= 0.3 is 0 Å². The van der Waals surface area contributed by atoms with Gasteiger partial charge in [-0.25, -0.2) is 4.68 Å². The summed E-state index contributed by atoms with van der Waals surface area (Å²) >= 11 is 0. The number of aliphatic hydroxyl groups excluding tert-OH is 1. The molecule has 0 aliphatic carbocycles. The fourth-order valence-electron chi connectivity index (χ4n) is 1.27. The molecule has 2 N–H and O–H groups in total. The SMILES string of the molecule is CCCn1nc(C(=O)NC[C@H](C)O)ccc1=O. The van der Waals surface area contributed by atoms with Gasteiger partial charge in [0.25, 0.3) is 11.5 Å². The summed E-state index contributed by atoms with van der Waals surface area (Å²) in [6.07, 6.45) is 0.159. The smallest absolute Gasteiger partial charge is 0.271 e. The molecule has 6 nitrogen and oxygen atoms in total. The summed E-state index contributed by atoms with van der Waals surface area (Å²) in [4.78, 5) is 23.0. The van der Waals surface area contributed by atoms with Crippen molar-refractivity contribution >= 4 is 5.91 Å². The van der Waals surface area contributed by atoms with E-state index in [-0.39, 0.29) is 17.8 Å². The number of nitrogens with one attached hydrogen (secondary N) is 1. The Kier molecular flexibility index (Phi) is 4.84. The predicted octanol–water partition coefficient (Wildman–Crippen LogP) is -0.236. The van der Waals surface area contributed by atoms with Crippen LogP contribution in [0.1, 0.15) is 30.8 Å². The molecule has 1 aromatic rings. The summed E-state index contributed by atoms with van der Waals surface area (Å²) in [5.74, 6) is -0.393. The zero-order valence-electron chi connectivity index (χ0n) is 10.0. The van der Waals surface area contributed by atoms with E-state index in [1.807, 2.05) is 6.92 Å². The quantitative estimate of drug-likeness (QED) is 0.743. The highest BCUT2D eigenvalue weighted by Gasteiger charge is 2.09. The molecule has 1 atom stereocenters. The minimum absolute atomic E-state index is 0.160. The first-order chi connectivity index (χ1) is 8.04. The van der Waals surface area contributed by atoms with Crippen LogP contribution >= 0.6 is 0 Å². The average Bonchev–Trinajstić information content (AvgIpc) is 2.29. The Balaban J connectivity index is 2.80. The van der Waals surface area contributed by atoms with Crippen molar-refractivity contribution in [2.45, 2.75) is 32.9 Å². The van der Waals surface area contributed by atoms with Crippen LogP contribution in [0.5, 0.6) is 0 Å². The van der Waals surface area contributed by atoms with E-state index in [0.29, 0.717) is 6.54 Å². The van der Waals surface area contributed by atoms with Gasteiger partial charge in [0.05, 0.1) is 6.10 Å². The zero-order chi connectivity index (χ0) is 12.8. The van der Waals surface area contributed by atoms with Crippen LogP contribution in [0.25, 0.3) is 0 Å². The molecule has 0 fully saturated rings. The molecule has 6 heteroatoms.